The molecule has 0 aromatic heterocycles. The van der Waals surface area contributed by atoms with Gasteiger partial charge in [0.1, 0.15) is 0 Å². The molecular formula is C7H15OS. The molecule has 9 heavy (non-hydrogen) atoms. The van der Waals surface area contributed by atoms with Crippen molar-refractivity contribution in [1.29, 1.82) is 0 Å². The van der Waals surface area contributed by atoms with Crippen LogP contribution in [0.4, 0.5) is 0 Å². The minimum Gasteiger partial charge on any atom is -0.390 e. The fraction of sp³-hybridized carbons (Fsp3) is 0.857. The fourth-order valence-corrected chi connectivity index (χ4v) is 1.09. The largest absolute Gasteiger partial charge is 0.390 e. The van der Waals surface area contributed by atoms with Gasteiger partial charge in [-0.25, -0.2) is 0 Å². The van der Waals surface area contributed by atoms with E-state index in [1.807, 2.05) is 13.2 Å². The summed E-state index contributed by atoms with van der Waals surface area (Å²) in [6, 6.07) is 0. The first kappa shape index (κ1) is 9.31. The van der Waals surface area contributed by atoms with Gasteiger partial charge in [0.2, 0.25) is 0 Å². The molecule has 0 bridgehead atoms. The van der Waals surface area contributed by atoms with Gasteiger partial charge in [-0.2, -0.15) is 11.8 Å². The number of rotatable bonds is 4. The molecule has 0 fully saturated rings. The van der Waals surface area contributed by atoms with Gasteiger partial charge in [-0.05, 0) is 31.8 Å². The lowest BCUT2D eigenvalue weighted by Gasteiger charge is -2.19. The molecule has 1 N–H and O–H groups in total. The van der Waals surface area contributed by atoms with Crippen molar-refractivity contribution in [1.82, 2.24) is 0 Å². The summed E-state index contributed by atoms with van der Waals surface area (Å²) < 4.78 is 0. The van der Waals surface area contributed by atoms with Crippen molar-refractivity contribution < 1.29 is 5.11 Å². The third kappa shape index (κ3) is 4.79. The van der Waals surface area contributed by atoms with E-state index in [1.165, 1.54) is 0 Å². The maximum atomic E-state index is 9.38. The second kappa shape index (κ2) is 4.18. The first-order valence-electron chi connectivity index (χ1n) is 3.13. The second-order valence-corrected chi connectivity index (χ2v) is 3.48. The topological polar surface area (TPSA) is 20.2 Å². The van der Waals surface area contributed by atoms with E-state index in [1.54, 1.807) is 11.8 Å². The van der Waals surface area contributed by atoms with Crippen molar-refractivity contribution in [2.24, 2.45) is 0 Å². The van der Waals surface area contributed by atoms with E-state index < -0.39 is 5.60 Å². The third-order valence-corrected chi connectivity index (χ3v) is 2.00. The van der Waals surface area contributed by atoms with Crippen LogP contribution in [0.15, 0.2) is 0 Å². The summed E-state index contributed by atoms with van der Waals surface area (Å²) in [6.07, 6.45) is 3.49. The molecule has 1 nitrogen and oxygen atoms in total. The van der Waals surface area contributed by atoms with Crippen molar-refractivity contribution in [2.75, 3.05) is 12.0 Å². The van der Waals surface area contributed by atoms with Crippen molar-refractivity contribution in [3.8, 4) is 0 Å². The van der Waals surface area contributed by atoms with Crippen molar-refractivity contribution in [2.45, 2.75) is 25.4 Å². The number of aliphatic hydroxyl groups is 1. The Balaban J connectivity index is 3.33. The molecule has 0 amide bonds. The average Bonchev–Trinajstić information content (AvgIpc) is 1.84. The van der Waals surface area contributed by atoms with Gasteiger partial charge < -0.3 is 5.11 Å². The van der Waals surface area contributed by atoms with Crippen LogP contribution in [0.2, 0.25) is 0 Å². The molecule has 0 heterocycles. The van der Waals surface area contributed by atoms with Gasteiger partial charge in [0.05, 0.1) is 5.60 Å². The molecule has 1 radical (unpaired) electrons. The van der Waals surface area contributed by atoms with Gasteiger partial charge in [-0.1, -0.05) is 6.92 Å². The normalized spacial score (nSPS) is 17.3. The zero-order valence-electron chi connectivity index (χ0n) is 6.18. The summed E-state index contributed by atoms with van der Waals surface area (Å²) in [5, 5.41) is 9.38. The lowest BCUT2D eigenvalue weighted by molar-refractivity contribution is 0.0598. The minimum absolute atomic E-state index is 0.539. The Bertz CT molecular complexity index is 71.3. The first-order chi connectivity index (χ1) is 4.12. The Hall–Kier alpha value is 0.310. The predicted molar refractivity (Wildman–Crippen MR) is 43.6 cm³/mol. The maximum Gasteiger partial charge on any atom is 0.0627 e. The van der Waals surface area contributed by atoms with Gasteiger partial charge in [-0.15, -0.1) is 0 Å². The van der Waals surface area contributed by atoms with Crippen LogP contribution in [0.1, 0.15) is 19.8 Å². The maximum absolute atomic E-state index is 9.38. The van der Waals surface area contributed by atoms with Crippen LogP contribution in [0, 0.1) is 6.92 Å². The monoisotopic (exact) mass is 147 g/mol. The van der Waals surface area contributed by atoms with E-state index in [2.05, 4.69) is 6.92 Å². The Labute approximate surface area is 61.8 Å². The van der Waals surface area contributed by atoms with E-state index in [0.29, 0.717) is 6.42 Å². The van der Waals surface area contributed by atoms with Gasteiger partial charge in [0.25, 0.3) is 0 Å². The molecule has 1 unspecified atom stereocenters. The van der Waals surface area contributed by atoms with E-state index in [9.17, 15) is 5.11 Å². The van der Waals surface area contributed by atoms with E-state index in [-0.39, 0.29) is 0 Å². The number of thioether (sulfide) groups is 1. The standard InChI is InChI=1S/C7H15OS/c1-4-7(2,8)5-6-9-3/h8H,1,4-6H2,2-3H3. The Morgan fingerprint density at radius 2 is 2.22 bits per heavy atom. The number of hydrogen-bond donors (Lipinski definition) is 1. The molecule has 55 valence electrons. The van der Waals surface area contributed by atoms with Crippen molar-refractivity contribution in [3.05, 3.63) is 6.92 Å². The Kier molecular flexibility index (Phi) is 4.32. The minimum atomic E-state index is -0.539. The van der Waals surface area contributed by atoms with Crippen LogP contribution in [0.25, 0.3) is 0 Å². The van der Waals surface area contributed by atoms with Gasteiger partial charge in [-0.3, -0.25) is 0 Å². The van der Waals surface area contributed by atoms with Crippen LogP contribution in [-0.4, -0.2) is 22.7 Å². The molecule has 0 saturated carbocycles. The molecule has 0 aromatic carbocycles. The molecule has 0 rings (SSSR count). The summed E-state index contributed by atoms with van der Waals surface area (Å²) >= 11 is 1.76. The molecule has 2 heteroatoms. The van der Waals surface area contributed by atoms with Crippen LogP contribution in [0.5, 0.6) is 0 Å². The van der Waals surface area contributed by atoms with Crippen LogP contribution >= 0.6 is 11.8 Å². The highest BCUT2D eigenvalue weighted by atomic mass is 32.2. The van der Waals surface area contributed by atoms with Crippen LogP contribution < -0.4 is 0 Å². The highest BCUT2D eigenvalue weighted by Gasteiger charge is 2.15. The molecule has 0 aromatic rings. The highest BCUT2D eigenvalue weighted by Crippen LogP contribution is 2.15. The fourth-order valence-electron chi connectivity index (χ4n) is 0.447. The van der Waals surface area contributed by atoms with Crippen LogP contribution in [-0.2, 0) is 0 Å². The van der Waals surface area contributed by atoms with Crippen LogP contribution in [0.3, 0.4) is 0 Å². The molecule has 0 aliphatic rings. The molecule has 1 atom stereocenters. The van der Waals surface area contributed by atoms with Crippen molar-refractivity contribution in [3.63, 3.8) is 0 Å². The van der Waals surface area contributed by atoms with Gasteiger partial charge >= 0.3 is 0 Å². The molecule has 0 aliphatic heterocycles. The predicted octanol–water partition coefficient (Wildman–Crippen LogP) is 1.71. The summed E-state index contributed by atoms with van der Waals surface area (Å²) in [4.78, 5) is 0. The quantitative estimate of drug-likeness (QED) is 0.653. The van der Waals surface area contributed by atoms with E-state index >= 15 is 0 Å². The lowest BCUT2D eigenvalue weighted by atomic mass is 10.0. The lowest BCUT2D eigenvalue weighted by Crippen LogP contribution is -2.23. The summed E-state index contributed by atoms with van der Waals surface area (Å²) in [5.41, 5.74) is -0.539. The summed E-state index contributed by atoms with van der Waals surface area (Å²) in [6.45, 7) is 5.48. The molecule has 0 saturated heterocycles. The average molecular weight is 147 g/mol. The number of hydrogen-bond acceptors (Lipinski definition) is 2. The molecular weight excluding hydrogens is 132 g/mol. The zero-order valence-corrected chi connectivity index (χ0v) is 7.00. The zero-order chi connectivity index (χ0) is 7.33. The SMILES string of the molecule is [CH2]CC(C)(O)CCSC. The van der Waals surface area contributed by atoms with Gasteiger partial charge in [0.15, 0.2) is 0 Å². The van der Waals surface area contributed by atoms with E-state index in [0.717, 1.165) is 12.2 Å². The Morgan fingerprint density at radius 3 is 2.56 bits per heavy atom. The Morgan fingerprint density at radius 1 is 1.67 bits per heavy atom. The summed E-state index contributed by atoms with van der Waals surface area (Å²) in [7, 11) is 0. The van der Waals surface area contributed by atoms with Gasteiger partial charge in [0, 0.05) is 0 Å². The smallest absolute Gasteiger partial charge is 0.0627 e. The molecule has 0 spiro atoms. The third-order valence-electron chi connectivity index (χ3n) is 1.38. The van der Waals surface area contributed by atoms with Crippen molar-refractivity contribution >= 4 is 11.8 Å². The summed E-state index contributed by atoms with van der Waals surface area (Å²) in [5.74, 6) is 1.02. The van der Waals surface area contributed by atoms with E-state index in [4.69, 9.17) is 0 Å². The highest BCUT2D eigenvalue weighted by molar-refractivity contribution is 7.98. The second-order valence-electron chi connectivity index (χ2n) is 2.49. The first-order valence-corrected chi connectivity index (χ1v) is 4.52. The molecule has 0 aliphatic carbocycles.